The van der Waals surface area contributed by atoms with Crippen LogP contribution in [0.15, 0.2) is 42.5 Å². The molecule has 2 aromatic rings. The molecule has 1 aliphatic carbocycles. The van der Waals surface area contributed by atoms with Gasteiger partial charge >= 0.3 is 5.97 Å². The van der Waals surface area contributed by atoms with Gasteiger partial charge in [-0.25, -0.2) is 9.18 Å². The van der Waals surface area contributed by atoms with Crippen LogP contribution < -0.4 is 0 Å². The van der Waals surface area contributed by atoms with Crippen LogP contribution in [-0.2, 0) is 4.79 Å². The van der Waals surface area contributed by atoms with Gasteiger partial charge in [0, 0.05) is 11.6 Å². The maximum absolute atomic E-state index is 14.0. The van der Waals surface area contributed by atoms with Gasteiger partial charge in [-0.05, 0) is 35.3 Å². The van der Waals surface area contributed by atoms with Gasteiger partial charge < -0.3 is 5.11 Å². The lowest BCUT2D eigenvalue weighted by molar-refractivity contribution is -0.131. The minimum atomic E-state index is -1.03. The van der Waals surface area contributed by atoms with Gasteiger partial charge in [0.15, 0.2) is 0 Å². The summed E-state index contributed by atoms with van der Waals surface area (Å²) in [7, 11) is 0. The van der Waals surface area contributed by atoms with Crippen molar-refractivity contribution in [3.05, 3.63) is 65.0 Å². The van der Waals surface area contributed by atoms with Crippen LogP contribution in [0.2, 0.25) is 0 Å². The number of carboxylic acids is 1. The van der Waals surface area contributed by atoms with Gasteiger partial charge in [0.1, 0.15) is 5.82 Å². The molecule has 94 valence electrons. The molecule has 0 saturated carbocycles. The lowest BCUT2D eigenvalue weighted by atomic mass is 10.0. The monoisotopic (exact) mass is 254 g/mol. The Labute approximate surface area is 109 Å². The number of halogens is 1. The fraction of sp³-hybridized carbons (Fsp3) is 0.0625. The average Bonchev–Trinajstić information content (AvgIpc) is 2.64. The van der Waals surface area contributed by atoms with Gasteiger partial charge in [0.05, 0.1) is 0 Å². The summed E-state index contributed by atoms with van der Waals surface area (Å²) < 4.78 is 14.0. The standard InChI is InChI=1S/C16H11FO2/c1-9-5-6-11-12(7-9)13(8-15(18)19)10-3-2-4-14(17)16(10)11/h2-8H,1H3,(H,18,19)/b13-8+. The second-order valence-corrected chi connectivity index (χ2v) is 4.61. The zero-order chi connectivity index (χ0) is 13.6. The van der Waals surface area contributed by atoms with Crippen LogP contribution >= 0.6 is 0 Å². The van der Waals surface area contributed by atoms with Crippen molar-refractivity contribution in [1.29, 1.82) is 0 Å². The van der Waals surface area contributed by atoms with E-state index in [1.165, 1.54) is 6.07 Å². The molecular formula is C16H11FO2. The number of hydrogen-bond acceptors (Lipinski definition) is 1. The Kier molecular flexibility index (Phi) is 2.49. The normalized spacial score (nSPS) is 14.3. The number of carbonyl (C=O) groups is 1. The number of aryl methyl sites for hydroxylation is 1. The van der Waals surface area contributed by atoms with E-state index in [4.69, 9.17) is 5.11 Å². The quantitative estimate of drug-likeness (QED) is 0.673. The first kappa shape index (κ1) is 11.7. The molecule has 0 spiro atoms. The fourth-order valence-corrected chi connectivity index (χ4v) is 2.55. The molecule has 0 amide bonds. The number of rotatable bonds is 1. The van der Waals surface area contributed by atoms with E-state index < -0.39 is 5.97 Å². The molecule has 0 atom stereocenters. The largest absolute Gasteiger partial charge is 0.478 e. The second-order valence-electron chi connectivity index (χ2n) is 4.61. The first-order chi connectivity index (χ1) is 9.08. The molecule has 0 aliphatic heterocycles. The third-order valence-corrected chi connectivity index (χ3v) is 3.31. The molecule has 1 aliphatic rings. The molecule has 0 unspecified atom stereocenters. The summed E-state index contributed by atoms with van der Waals surface area (Å²) >= 11 is 0. The van der Waals surface area contributed by atoms with Crippen molar-refractivity contribution in [1.82, 2.24) is 0 Å². The van der Waals surface area contributed by atoms with Gasteiger partial charge in [-0.3, -0.25) is 0 Å². The molecule has 0 radical (unpaired) electrons. The third kappa shape index (κ3) is 1.74. The number of aliphatic carboxylic acids is 1. The molecule has 1 N–H and O–H groups in total. The number of fused-ring (bicyclic) bond motifs is 3. The predicted molar refractivity (Wildman–Crippen MR) is 71.3 cm³/mol. The first-order valence-electron chi connectivity index (χ1n) is 5.93. The molecule has 0 aromatic heterocycles. The smallest absolute Gasteiger partial charge is 0.328 e. The molecule has 0 bridgehead atoms. The molecular weight excluding hydrogens is 243 g/mol. The molecule has 2 nitrogen and oxygen atoms in total. The average molecular weight is 254 g/mol. The Morgan fingerprint density at radius 3 is 2.68 bits per heavy atom. The first-order valence-corrected chi connectivity index (χ1v) is 5.93. The van der Waals surface area contributed by atoms with Crippen LogP contribution in [0, 0.1) is 12.7 Å². The van der Waals surface area contributed by atoms with Crippen molar-refractivity contribution in [3.63, 3.8) is 0 Å². The molecule has 19 heavy (non-hydrogen) atoms. The van der Waals surface area contributed by atoms with Gasteiger partial charge in [-0.2, -0.15) is 0 Å². The zero-order valence-corrected chi connectivity index (χ0v) is 10.3. The Hall–Kier alpha value is -2.42. The molecule has 0 saturated heterocycles. The Balaban J connectivity index is 2.39. The Morgan fingerprint density at radius 2 is 1.95 bits per heavy atom. The van der Waals surface area contributed by atoms with Crippen LogP contribution in [-0.4, -0.2) is 11.1 Å². The van der Waals surface area contributed by atoms with Gasteiger partial charge in [-0.1, -0.05) is 35.9 Å². The van der Waals surface area contributed by atoms with Crippen molar-refractivity contribution >= 4 is 11.5 Å². The van der Waals surface area contributed by atoms with E-state index in [0.717, 1.165) is 22.8 Å². The highest BCUT2D eigenvalue weighted by Gasteiger charge is 2.26. The highest BCUT2D eigenvalue weighted by Crippen LogP contribution is 2.45. The summed E-state index contributed by atoms with van der Waals surface area (Å²) in [5.41, 5.74) is 4.26. The van der Waals surface area contributed by atoms with Crippen LogP contribution in [0.25, 0.3) is 16.7 Å². The Bertz CT molecular complexity index is 730. The highest BCUT2D eigenvalue weighted by atomic mass is 19.1. The third-order valence-electron chi connectivity index (χ3n) is 3.31. The topological polar surface area (TPSA) is 37.3 Å². The zero-order valence-electron chi connectivity index (χ0n) is 10.3. The molecule has 0 fully saturated rings. The SMILES string of the molecule is Cc1ccc2c(c1)/C(=C/C(=O)O)c1cccc(F)c1-2. The predicted octanol–water partition coefficient (Wildman–Crippen LogP) is 3.63. The summed E-state index contributed by atoms with van der Waals surface area (Å²) in [5, 5.41) is 8.99. The number of benzene rings is 2. The summed E-state index contributed by atoms with van der Waals surface area (Å²) in [4.78, 5) is 11.0. The lowest BCUT2D eigenvalue weighted by Crippen LogP contribution is -1.92. The molecule has 0 heterocycles. The van der Waals surface area contributed by atoms with E-state index in [-0.39, 0.29) is 5.82 Å². The van der Waals surface area contributed by atoms with Gasteiger partial charge in [0.2, 0.25) is 0 Å². The van der Waals surface area contributed by atoms with Crippen LogP contribution in [0.3, 0.4) is 0 Å². The molecule has 3 rings (SSSR count). The molecule has 3 heteroatoms. The maximum atomic E-state index is 14.0. The van der Waals surface area contributed by atoms with E-state index in [2.05, 4.69) is 0 Å². The number of hydrogen-bond donors (Lipinski definition) is 1. The molecule has 2 aromatic carbocycles. The Morgan fingerprint density at radius 1 is 1.16 bits per heavy atom. The number of carboxylic acid groups (broad SMARTS) is 1. The highest BCUT2D eigenvalue weighted by molar-refractivity contribution is 6.06. The lowest BCUT2D eigenvalue weighted by Gasteiger charge is -2.02. The van der Waals surface area contributed by atoms with E-state index in [9.17, 15) is 9.18 Å². The van der Waals surface area contributed by atoms with E-state index >= 15 is 0 Å². The van der Waals surface area contributed by atoms with E-state index in [0.29, 0.717) is 16.7 Å². The van der Waals surface area contributed by atoms with Crippen molar-refractivity contribution in [2.24, 2.45) is 0 Å². The summed E-state index contributed by atoms with van der Waals surface area (Å²) in [5.74, 6) is -1.35. The van der Waals surface area contributed by atoms with Crippen molar-refractivity contribution in [2.75, 3.05) is 0 Å². The van der Waals surface area contributed by atoms with Crippen molar-refractivity contribution in [3.8, 4) is 11.1 Å². The van der Waals surface area contributed by atoms with Crippen molar-refractivity contribution < 1.29 is 14.3 Å². The minimum absolute atomic E-state index is 0.323. The van der Waals surface area contributed by atoms with Crippen LogP contribution in [0.1, 0.15) is 16.7 Å². The second kappa shape index (κ2) is 4.05. The summed E-state index contributed by atoms with van der Waals surface area (Å²) in [6.45, 7) is 1.93. The summed E-state index contributed by atoms with van der Waals surface area (Å²) in [6, 6.07) is 10.4. The van der Waals surface area contributed by atoms with E-state index in [1.807, 2.05) is 25.1 Å². The minimum Gasteiger partial charge on any atom is -0.478 e. The van der Waals surface area contributed by atoms with Crippen LogP contribution in [0.5, 0.6) is 0 Å². The van der Waals surface area contributed by atoms with Gasteiger partial charge in [-0.15, -0.1) is 0 Å². The van der Waals surface area contributed by atoms with Crippen LogP contribution in [0.4, 0.5) is 4.39 Å². The van der Waals surface area contributed by atoms with E-state index in [1.54, 1.807) is 12.1 Å². The van der Waals surface area contributed by atoms with Gasteiger partial charge in [0.25, 0.3) is 0 Å². The fourth-order valence-electron chi connectivity index (χ4n) is 2.55. The maximum Gasteiger partial charge on any atom is 0.328 e. The van der Waals surface area contributed by atoms with Crippen molar-refractivity contribution in [2.45, 2.75) is 6.92 Å². The summed E-state index contributed by atoms with van der Waals surface area (Å²) in [6.07, 6.45) is 1.14.